The van der Waals surface area contributed by atoms with Crippen molar-refractivity contribution in [1.82, 2.24) is 42.1 Å². The van der Waals surface area contributed by atoms with Crippen LogP contribution in [-0.2, 0) is 65.6 Å². The van der Waals surface area contributed by atoms with Crippen LogP contribution >= 0.6 is 0 Å². The first-order valence-corrected chi connectivity index (χ1v) is 25.1. The van der Waals surface area contributed by atoms with Crippen molar-refractivity contribution in [2.24, 2.45) is 23.1 Å². The molecule has 1 fully saturated rings. The van der Waals surface area contributed by atoms with E-state index in [1.54, 1.807) is 13.8 Å². The summed E-state index contributed by atoms with van der Waals surface area (Å²) in [6.07, 6.45) is -1.97. The third-order valence-electron chi connectivity index (χ3n) is 12.5. The number of hydrogen-bond acceptors (Lipinski definition) is 16. The summed E-state index contributed by atoms with van der Waals surface area (Å²) in [6.45, 7) is 5.85. The lowest BCUT2D eigenvalue weighted by molar-refractivity contribution is -0.146. The lowest BCUT2D eigenvalue weighted by Gasteiger charge is -2.32. The van der Waals surface area contributed by atoms with Gasteiger partial charge in [-0.05, 0) is 93.8 Å². The van der Waals surface area contributed by atoms with Gasteiger partial charge < -0.3 is 84.9 Å². The van der Waals surface area contributed by atoms with Gasteiger partial charge in [-0.2, -0.15) is 0 Å². The Morgan fingerprint density at radius 2 is 1.12 bits per heavy atom. The molecule has 0 spiro atoms. The molecule has 9 amide bonds. The minimum Gasteiger partial charge on any atom is -0.508 e. The molecule has 0 aliphatic carbocycles. The summed E-state index contributed by atoms with van der Waals surface area (Å²) >= 11 is 0. The van der Waals surface area contributed by atoms with Crippen LogP contribution in [0, 0.1) is 5.92 Å². The van der Waals surface area contributed by atoms with Gasteiger partial charge in [-0.25, -0.2) is 4.79 Å². The van der Waals surface area contributed by atoms with E-state index in [2.05, 4.69) is 37.2 Å². The fourth-order valence-corrected chi connectivity index (χ4v) is 8.12. The number of carboxylic acids is 2. The number of aromatic hydroxyl groups is 2. The van der Waals surface area contributed by atoms with Crippen molar-refractivity contribution < 1.29 is 78.3 Å². The molecule has 0 aromatic heterocycles. The lowest BCUT2D eigenvalue weighted by atomic mass is 10.0. The molecule has 1 aliphatic heterocycles. The van der Waals surface area contributed by atoms with Crippen molar-refractivity contribution in [1.29, 1.82) is 0 Å². The van der Waals surface area contributed by atoms with Crippen LogP contribution in [0.5, 0.6) is 11.5 Å². The van der Waals surface area contributed by atoms with Crippen LogP contribution in [0.3, 0.4) is 0 Å². The number of primary amides is 1. The second-order valence-electron chi connectivity index (χ2n) is 19.2. The molecule has 0 bridgehead atoms. The van der Waals surface area contributed by atoms with Gasteiger partial charge in [0, 0.05) is 25.8 Å². The molecule has 0 radical (unpaired) electrons. The highest BCUT2D eigenvalue weighted by Gasteiger charge is 2.41. The molecular formula is C50H73N11O16. The predicted molar refractivity (Wildman–Crippen MR) is 273 cm³/mol. The molecule has 1 aliphatic rings. The Balaban J connectivity index is 1.85. The number of unbranched alkanes of at least 4 members (excludes halogenated alkanes) is 1. The lowest BCUT2D eigenvalue weighted by Crippen LogP contribution is -2.61. The zero-order valence-electron chi connectivity index (χ0n) is 43.4. The van der Waals surface area contributed by atoms with Gasteiger partial charge in [0.1, 0.15) is 53.8 Å². The highest BCUT2D eigenvalue weighted by Crippen LogP contribution is 2.22. The maximum atomic E-state index is 14.4. The van der Waals surface area contributed by atoms with Crippen molar-refractivity contribution in [3.8, 4) is 11.5 Å². The van der Waals surface area contributed by atoms with E-state index >= 15 is 0 Å². The van der Waals surface area contributed by atoms with Crippen molar-refractivity contribution in [3.63, 3.8) is 0 Å². The molecule has 2 aromatic carbocycles. The van der Waals surface area contributed by atoms with E-state index in [1.807, 2.05) is 0 Å². The Morgan fingerprint density at radius 3 is 1.62 bits per heavy atom. The molecule has 424 valence electrons. The van der Waals surface area contributed by atoms with Gasteiger partial charge >= 0.3 is 11.9 Å². The number of carboxylic acid groups (broad SMARTS) is 2. The second kappa shape index (κ2) is 30.6. The first-order valence-electron chi connectivity index (χ1n) is 25.1. The topological polar surface area (TPSA) is 454 Å². The van der Waals surface area contributed by atoms with Gasteiger partial charge in [0.15, 0.2) is 6.04 Å². The van der Waals surface area contributed by atoms with E-state index in [4.69, 9.17) is 17.2 Å². The Bertz CT molecular complexity index is 2410. The number of nitrogens with one attached hydrogen (secondary N) is 7. The van der Waals surface area contributed by atoms with Crippen molar-refractivity contribution >= 4 is 65.1 Å². The molecule has 1 saturated heterocycles. The third kappa shape index (κ3) is 20.6. The number of aliphatic carboxylic acids is 2. The van der Waals surface area contributed by atoms with E-state index < -0.39 is 138 Å². The number of hydrogen-bond donors (Lipinski definition) is 15. The van der Waals surface area contributed by atoms with Crippen LogP contribution in [0.25, 0.3) is 0 Å². The Kier molecular flexibility index (Phi) is 25.2. The number of aliphatic hydroxyl groups excluding tert-OH is 1. The molecule has 27 nitrogen and oxygen atoms in total. The number of carbonyl (C=O) groups excluding carboxylic acids is 9. The predicted octanol–water partition coefficient (Wildman–Crippen LogP) is -3.39. The Labute approximate surface area is 444 Å². The summed E-state index contributed by atoms with van der Waals surface area (Å²) in [4.78, 5) is 147. The number of benzene rings is 2. The van der Waals surface area contributed by atoms with Crippen molar-refractivity contribution in [2.75, 3.05) is 13.1 Å². The smallest absolute Gasteiger partial charge is 0.328 e. The number of likely N-dealkylation sites (tertiary alicyclic amines) is 1. The summed E-state index contributed by atoms with van der Waals surface area (Å²) in [5.41, 5.74) is 17.6. The number of nitrogens with zero attached hydrogens (tertiary/aromatic N) is 1. The monoisotopic (exact) mass is 1080 g/mol. The molecule has 3 rings (SSSR count). The summed E-state index contributed by atoms with van der Waals surface area (Å²) in [5, 5.41) is 66.2. The molecule has 77 heavy (non-hydrogen) atoms. The summed E-state index contributed by atoms with van der Waals surface area (Å²) in [7, 11) is 0. The average Bonchev–Trinajstić information content (AvgIpc) is 3.86. The second-order valence-corrected chi connectivity index (χ2v) is 19.2. The van der Waals surface area contributed by atoms with Gasteiger partial charge in [0.25, 0.3) is 0 Å². The minimum atomic E-state index is -1.89. The number of carbonyl (C=O) groups is 11. The summed E-state index contributed by atoms with van der Waals surface area (Å²) in [6, 6.07) is -2.21. The minimum absolute atomic E-state index is 0.00673. The maximum absolute atomic E-state index is 14.4. The normalized spacial score (nSPS) is 16.6. The van der Waals surface area contributed by atoms with Crippen LogP contribution in [0.2, 0.25) is 0 Å². The molecule has 18 N–H and O–H groups in total. The van der Waals surface area contributed by atoms with Crippen LogP contribution < -0.4 is 54.4 Å². The highest BCUT2D eigenvalue weighted by molar-refractivity contribution is 5.99. The number of phenols is 2. The Hall–Kier alpha value is -7.91. The number of amides is 9. The third-order valence-corrected chi connectivity index (χ3v) is 12.5. The molecule has 27 heteroatoms. The summed E-state index contributed by atoms with van der Waals surface area (Å²) < 4.78 is 0. The molecule has 0 unspecified atom stereocenters. The molecule has 2 aromatic rings. The standard InChI is InChI=1S/C50H73N11O16/c1-25(2)40(49(75)61-21-7-9-37(61)48(74)58-35(23-29-12-16-31(64)17-13-29)46(72)60-41(27(4)62)50(76)77)59-47(73)36(24-39(66)67)57-45(71)34(22-28-10-14-30(63)15-11-28)56-42(68)26(3)54-44(70)33(18-19-38(53)65)55-43(69)32(52)8-5-6-20-51/h10-17,25-27,32-37,40-41,62-64H,5-9,18-24,51-52H2,1-4H3,(H2,53,65)(H,54,70)(H,55,69)(H,56,68)(H,57,71)(H,58,74)(H,59,73)(H,60,72)(H,66,67)(H,76,77)/t26-,27+,32-,33-,34-,35-,36-,37-,40-,41-/m0/s1. The number of nitrogens with two attached hydrogens (primary N) is 3. The number of phenolic OH excluding ortho intramolecular Hbond substituents is 2. The van der Waals surface area contributed by atoms with Crippen LogP contribution in [0.15, 0.2) is 48.5 Å². The number of rotatable bonds is 31. The zero-order valence-corrected chi connectivity index (χ0v) is 43.4. The average molecular weight is 1080 g/mol. The fraction of sp³-hybridized carbons (Fsp3) is 0.540. The Morgan fingerprint density at radius 1 is 0.623 bits per heavy atom. The van der Waals surface area contributed by atoms with E-state index in [9.17, 15) is 78.3 Å². The quantitative estimate of drug-likeness (QED) is 0.0327. The highest BCUT2D eigenvalue weighted by atomic mass is 16.4. The van der Waals surface area contributed by atoms with Gasteiger partial charge in [-0.3, -0.25) is 47.9 Å². The molecule has 0 saturated carbocycles. The van der Waals surface area contributed by atoms with E-state index in [0.717, 1.165) is 11.8 Å². The first kappa shape index (κ1) is 63.4. The van der Waals surface area contributed by atoms with Gasteiger partial charge in [-0.15, -0.1) is 0 Å². The van der Waals surface area contributed by atoms with Crippen LogP contribution in [0.1, 0.15) is 90.2 Å². The van der Waals surface area contributed by atoms with Crippen molar-refractivity contribution in [3.05, 3.63) is 59.7 Å². The fourth-order valence-electron chi connectivity index (χ4n) is 8.12. The SMILES string of the molecule is CC(C)[C@H](NC(=O)[C@H](CC(=O)O)NC(=O)[C@H](Cc1ccc(O)cc1)NC(=O)[C@H](C)NC(=O)[C@H](CCC(N)=O)NC(=O)[C@@H](N)CCCCN)C(=O)N1CCC[C@H]1C(=O)N[C@@H](Cc1ccc(O)cc1)C(=O)N[C@H](C(=O)O)[C@@H](C)O. The van der Waals surface area contributed by atoms with E-state index in [1.165, 1.54) is 55.5 Å². The summed E-state index contributed by atoms with van der Waals surface area (Å²) in [5.74, 6) is -12.3. The first-order chi connectivity index (χ1) is 36.2. The molecule has 1 heterocycles. The van der Waals surface area contributed by atoms with Gasteiger partial charge in [0.2, 0.25) is 53.2 Å². The van der Waals surface area contributed by atoms with Crippen LogP contribution in [0.4, 0.5) is 0 Å². The van der Waals surface area contributed by atoms with Crippen molar-refractivity contribution in [2.45, 2.75) is 152 Å². The van der Waals surface area contributed by atoms with E-state index in [0.29, 0.717) is 30.5 Å². The molecular weight excluding hydrogens is 1010 g/mol. The zero-order chi connectivity index (χ0) is 57.7. The maximum Gasteiger partial charge on any atom is 0.328 e. The number of aliphatic hydroxyl groups is 1. The largest absolute Gasteiger partial charge is 0.508 e. The van der Waals surface area contributed by atoms with E-state index in [-0.39, 0.29) is 63.0 Å². The van der Waals surface area contributed by atoms with Gasteiger partial charge in [-0.1, -0.05) is 44.5 Å². The molecule has 10 atom stereocenters. The van der Waals surface area contributed by atoms with Gasteiger partial charge in [0.05, 0.1) is 18.6 Å². The van der Waals surface area contributed by atoms with Crippen LogP contribution in [-0.4, -0.2) is 169 Å².